The summed E-state index contributed by atoms with van der Waals surface area (Å²) in [5, 5.41) is 3.63. The van der Waals surface area contributed by atoms with Crippen LogP contribution in [-0.4, -0.2) is 25.0 Å². The van der Waals surface area contributed by atoms with Gasteiger partial charge in [-0.3, -0.25) is 9.59 Å². The molecule has 1 atom stereocenters. The Morgan fingerprint density at radius 3 is 2.57 bits per heavy atom. The molecule has 1 saturated heterocycles. The summed E-state index contributed by atoms with van der Waals surface area (Å²) in [6.45, 7) is 5.12. The van der Waals surface area contributed by atoms with Crippen LogP contribution in [0.5, 0.6) is 5.75 Å². The molecule has 0 unspecified atom stereocenters. The highest BCUT2D eigenvalue weighted by molar-refractivity contribution is 6.36. The van der Waals surface area contributed by atoms with E-state index in [4.69, 9.17) is 27.9 Å². The maximum Gasteiger partial charge on any atom is 0.229 e. The summed E-state index contributed by atoms with van der Waals surface area (Å²) in [6.07, 6.45) is 0.155. The SMILES string of the molecule is CC(C)COc1ccc(N2C[C@H](C(=O)Nc3ccc(Cl)cc3Cl)CC2=O)cc1. The van der Waals surface area contributed by atoms with Gasteiger partial charge in [0.05, 0.1) is 23.2 Å². The highest BCUT2D eigenvalue weighted by Crippen LogP contribution is 2.30. The Bertz CT molecular complexity index is 868. The highest BCUT2D eigenvalue weighted by atomic mass is 35.5. The van der Waals surface area contributed by atoms with E-state index in [-0.39, 0.29) is 18.2 Å². The molecular formula is C21H22Cl2N2O3. The third kappa shape index (κ3) is 4.97. The molecule has 0 spiro atoms. The molecule has 2 aromatic rings. The van der Waals surface area contributed by atoms with Crippen molar-refractivity contribution in [1.82, 2.24) is 0 Å². The number of carbonyl (C=O) groups is 2. The molecule has 1 N–H and O–H groups in total. The van der Waals surface area contributed by atoms with E-state index in [9.17, 15) is 9.59 Å². The third-order valence-electron chi connectivity index (χ3n) is 4.42. The number of nitrogens with one attached hydrogen (secondary N) is 1. The monoisotopic (exact) mass is 420 g/mol. The van der Waals surface area contributed by atoms with E-state index < -0.39 is 5.92 Å². The maximum absolute atomic E-state index is 12.6. The van der Waals surface area contributed by atoms with Crippen LogP contribution in [-0.2, 0) is 9.59 Å². The van der Waals surface area contributed by atoms with E-state index in [0.717, 1.165) is 11.4 Å². The molecule has 28 heavy (non-hydrogen) atoms. The number of amides is 2. The van der Waals surface area contributed by atoms with Crippen LogP contribution in [0.1, 0.15) is 20.3 Å². The Kier molecular flexibility index (Phi) is 6.47. The molecule has 0 aromatic heterocycles. The quantitative estimate of drug-likeness (QED) is 0.713. The van der Waals surface area contributed by atoms with Crippen molar-refractivity contribution in [1.29, 1.82) is 0 Å². The molecule has 3 rings (SSSR count). The van der Waals surface area contributed by atoms with Gasteiger partial charge in [0.15, 0.2) is 0 Å². The topological polar surface area (TPSA) is 58.6 Å². The lowest BCUT2D eigenvalue weighted by atomic mass is 10.1. The minimum atomic E-state index is -0.448. The van der Waals surface area contributed by atoms with Gasteiger partial charge in [0, 0.05) is 23.7 Å². The zero-order valence-electron chi connectivity index (χ0n) is 15.7. The first-order valence-corrected chi connectivity index (χ1v) is 9.88. The standard InChI is InChI=1S/C21H22Cl2N2O3/c1-13(2)12-28-17-6-4-16(5-7-17)25-11-14(9-20(25)26)21(27)24-19-8-3-15(22)10-18(19)23/h3-8,10,13-14H,9,11-12H2,1-2H3,(H,24,27)/t14-/m1/s1. The Hall–Kier alpha value is -2.24. The molecule has 1 heterocycles. The van der Waals surface area contributed by atoms with Crippen molar-refractivity contribution in [3.63, 3.8) is 0 Å². The van der Waals surface area contributed by atoms with Gasteiger partial charge < -0.3 is 15.0 Å². The lowest BCUT2D eigenvalue weighted by molar-refractivity contribution is -0.122. The summed E-state index contributed by atoms with van der Waals surface area (Å²) in [5.74, 6) is 0.426. The van der Waals surface area contributed by atoms with E-state index in [2.05, 4.69) is 19.2 Å². The molecule has 0 radical (unpaired) electrons. The molecule has 0 aliphatic carbocycles. The number of hydrogen-bond donors (Lipinski definition) is 1. The number of nitrogens with zero attached hydrogens (tertiary/aromatic N) is 1. The van der Waals surface area contributed by atoms with Gasteiger partial charge in [0.25, 0.3) is 0 Å². The average Bonchev–Trinajstić information content (AvgIpc) is 3.04. The minimum Gasteiger partial charge on any atom is -0.493 e. The number of anilines is 2. The summed E-state index contributed by atoms with van der Waals surface area (Å²) >= 11 is 12.0. The van der Waals surface area contributed by atoms with Crippen molar-refractivity contribution < 1.29 is 14.3 Å². The molecule has 148 valence electrons. The van der Waals surface area contributed by atoms with Gasteiger partial charge in [0.1, 0.15) is 5.75 Å². The Morgan fingerprint density at radius 1 is 1.21 bits per heavy atom. The van der Waals surface area contributed by atoms with Crippen LogP contribution in [0.2, 0.25) is 10.0 Å². The van der Waals surface area contributed by atoms with Crippen molar-refractivity contribution in [3.8, 4) is 5.75 Å². The molecule has 0 saturated carbocycles. The summed E-state index contributed by atoms with van der Waals surface area (Å²) in [5.41, 5.74) is 1.23. The molecule has 0 bridgehead atoms. The molecule has 5 nitrogen and oxygen atoms in total. The zero-order valence-corrected chi connectivity index (χ0v) is 17.3. The molecular weight excluding hydrogens is 399 g/mol. The summed E-state index contributed by atoms with van der Waals surface area (Å²) in [7, 11) is 0. The molecule has 2 amide bonds. The van der Waals surface area contributed by atoms with Crippen LogP contribution in [0.15, 0.2) is 42.5 Å². The number of benzene rings is 2. The minimum absolute atomic E-state index is 0.0850. The van der Waals surface area contributed by atoms with Crippen molar-refractivity contribution in [3.05, 3.63) is 52.5 Å². The van der Waals surface area contributed by atoms with Gasteiger partial charge in [-0.15, -0.1) is 0 Å². The van der Waals surface area contributed by atoms with E-state index in [1.54, 1.807) is 23.1 Å². The summed E-state index contributed by atoms with van der Waals surface area (Å²) < 4.78 is 5.67. The fourth-order valence-electron chi connectivity index (χ4n) is 2.94. The number of ether oxygens (including phenoxy) is 1. The molecule has 1 fully saturated rings. The lowest BCUT2D eigenvalue weighted by Crippen LogP contribution is -2.28. The fraction of sp³-hybridized carbons (Fsp3) is 0.333. The van der Waals surface area contributed by atoms with E-state index in [0.29, 0.717) is 34.8 Å². The Morgan fingerprint density at radius 2 is 1.93 bits per heavy atom. The van der Waals surface area contributed by atoms with Crippen LogP contribution in [0, 0.1) is 11.8 Å². The number of halogens is 2. The number of rotatable bonds is 6. The second-order valence-electron chi connectivity index (χ2n) is 7.22. The number of hydrogen-bond acceptors (Lipinski definition) is 3. The third-order valence-corrected chi connectivity index (χ3v) is 4.96. The predicted octanol–water partition coefficient (Wildman–Crippen LogP) is 5.02. The first kappa shape index (κ1) is 20.5. The first-order valence-electron chi connectivity index (χ1n) is 9.12. The van der Waals surface area contributed by atoms with Crippen molar-refractivity contribution in [2.75, 3.05) is 23.4 Å². The first-order chi connectivity index (χ1) is 13.3. The zero-order chi connectivity index (χ0) is 20.3. The normalized spacial score (nSPS) is 16.5. The molecule has 2 aromatic carbocycles. The van der Waals surface area contributed by atoms with Crippen LogP contribution < -0.4 is 15.0 Å². The van der Waals surface area contributed by atoms with Crippen molar-refractivity contribution in [2.45, 2.75) is 20.3 Å². The Balaban J connectivity index is 1.63. The van der Waals surface area contributed by atoms with Crippen LogP contribution in [0.4, 0.5) is 11.4 Å². The van der Waals surface area contributed by atoms with Crippen molar-refractivity contribution >= 4 is 46.4 Å². The smallest absolute Gasteiger partial charge is 0.229 e. The van der Waals surface area contributed by atoms with Crippen molar-refractivity contribution in [2.24, 2.45) is 11.8 Å². The van der Waals surface area contributed by atoms with Crippen LogP contribution in [0.3, 0.4) is 0 Å². The summed E-state index contributed by atoms with van der Waals surface area (Å²) in [4.78, 5) is 26.6. The molecule has 7 heteroatoms. The van der Waals surface area contributed by atoms with Gasteiger partial charge in [-0.1, -0.05) is 37.0 Å². The molecule has 1 aliphatic heterocycles. The van der Waals surface area contributed by atoms with E-state index in [1.807, 2.05) is 24.3 Å². The predicted molar refractivity (Wildman–Crippen MR) is 112 cm³/mol. The second kappa shape index (κ2) is 8.84. The Labute approximate surface area is 174 Å². The average molecular weight is 421 g/mol. The van der Waals surface area contributed by atoms with E-state index >= 15 is 0 Å². The second-order valence-corrected chi connectivity index (χ2v) is 8.06. The molecule has 1 aliphatic rings. The van der Waals surface area contributed by atoms with Crippen LogP contribution in [0.25, 0.3) is 0 Å². The highest BCUT2D eigenvalue weighted by Gasteiger charge is 2.35. The van der Waals surface area contributed by atoms with Gasteiger partial charge in [0.2, 0.25) is 11.8 Å². The van der Waals surface area contributed by atoms with Gasteiger partial charge in [-0.05, 0) is 48.4 Å². The number of carbonyl (C=O) groups excluding carboxylic acids is 2. The van der Waals surface area contributed by atoms with E-state index in [1.165, 1.54) is 0 Å². The lowest BCUT2D eigenvalue weighted by Gasteiger charge is -2.17. The van der Waals surface area contributed by atoms with Gasteiger partial charge >= 0.3 is 0 Å². The largest absolute Gasteiger partial charge is 0.493 e. The van der Waals surface area contributed by atoms with Gasteiger partial charge in [-0.2, -0.15) is 0 Å². The van der Waals surface area contributed by atoms with Crippen LogP contribution >= 0.6 is 23.2 Å². The maximum atomic E-state index is 12.6. The van der Waals surface area contributed by atoms with Gasteiger partial charge in [-0.25, -0.2) is 0 Å². The summed E-state index contributed by atoms with van der Waals surface area (Å²) in [6, 6.07) is 12.2. The fourth-order valence-corrected chi connectivity index (χ4v) is 3.40.